The van der Waals surface area contributed by atoms with E-state index in [1.807, 2.05) is 0 Å². The second kappa shape index (κ2) is 10.3. The zero-order valence-electron chi connectivity index (χ0n) is 6.23. The van der Waals surface area contributed by atoms with Gasteiger partial charge in [0.15, 0.2) is 0 Å². The molecule has 0 aromatic heterocycles. The van der Waals surface area contributed by atoms with Gasteiger partial charge in [-0.25, -0.2) is 9.00 Å². The quantitative estimate of drug-likeness (QED) is 0.261. The molecule has 0 saturated heterocycles. The Labute approximate surface area is 88.9 Å². The second-order valence-electron chi connectivity index (χ2n) is 1.30. The molecule has 0 heterocycles. The van der Waals surface area contributed by atoms with Gasteiger partial charge in [0, 0.05) is 5.57 Å². The molecular formula is C4H7NaO5S. The first-order chi connectivity index (χ1) is 4.37. The summed E-state index contributed by atoms with van der Waals surface area (Å²) in [6.45, 7) is 4.60. The third kappa shape index (κ3) is 38.5. The summed E-state index contributed by atoms with van der Waals surface area (Å²) in [5.41, 5.74) is 0.176. The number of aliphatic carboxylic acids is 1. The van der Waals surface area contributed by atoms with Crippen LogP contribution in [0.1, 0.15) is 6.92 Å². The van der Waals surface area contributed by atoms with Crippen LogP contribution in [0.5, 0.6) is 0 Å². The number of carboxylic acids is 1. The van der Waals surface area contributed by atoms with Gasteiger partial charge < -0.3 is 14.2 Å². The molecule has 0 fully saturated rings. The Balaban J connectivity index is -0.000000114. The van der Waals surface area contributed by atoms with Crippen LogP contribution in [0, 0.1) is 0 Å². The van der Waals surface area contributed by atoms with Gasteiger partial charge in [0.1, 0.15) is 0 Å². The summed E-state index contributed by atoms with van der Waals surface area (Å²) in [5.74, 6) is -0.935. The first kappa shape index (κ1) is 17.4. The molecule has 11 heavy (non-hydrogen) atoms. The number of hydrogen-bond acceptors (Lipinski definition) is 3. The smallest absolute Gasteiger partial charge is 0.750 e. The van der Waals surface area contributed by atoms with Crippen LogP contribution in [-0.2, 0) is 16.2 Å². The van der Waals surface area contributed by atoms with Crippen molar-refractivity contribution >= 4 is 17.3 Å². The second-order valence-corrected chi connectivity index (χ2v) is 1.74. The molecule has 5 nitrogen and oxygen atoms in total. The van der Waals surface area contributed by atoms with Gasteiger partial charge in [0.25, 0.3) is 0 Å². The Morgan fingerprint density at radius 3 is 1.73 bits per heavy atom. The molecular weight excluding hydrogens is 183 g/mol. The minimum atomic E-state index is -2.86. The van der Waals surface area contributed by atoms with Crippen molar-refractivity contribution in [1.29, 1.82) is 0 Å². The molecule has 60 valence electrons. The molecule has 0 aliphatic carbocycles. The number of rotatable bonds is 1. The van der Waals surface area contributed by atoms with E-state index in [1.54, 1.807) is 0 Å². The fourth-order valence-corrected chi connectivity index (χ4v) is 0. The summed E-state index contributed by atoms with van der Waals surface area (Å²) in [5, 5.41) is 7.89. The summed E-state index contributed by atoms with van der Waals surface area (Å²) in [6.07, 6.45) is 0. The molecule has 0 aromatic carbocycles. The topological polar surface area (TPSA) is 97.7 Å². The number of carbonyl (C=O) groups is 1. The van der Waals surface area contributed by atoms with Crippen molar-refractivity contribution < 1.29 is 52.8 Å². The molecule has 0 amide bonds. The predicted octanol–water partition coefficient (Wildman–Crippen LogP) is -3.01. The van der Waals surface area contributed by atoms with Gasteiger partial charge in [0.2, 0.25) is 0 Å². The molecule has 0 aromatic rings. The van der Waals surface area contributed by atoms with Crippen molar-refractivity contribution in [3.8, 4) is 0 Å². The Morgan fingerprint density at radius 2 is 1.73 bits per heavy atom. The van der Waals surface area contributed by atoms with Gasteiger partial charge in [-0.2, -0.15) is 0 Å². The zero-order chi connectivity index (χ0) is 8.73. The zero-order valence-corrected chi connectivity index (χ0v) is 9.05. The number of hydrogen-bond donors (Lipinski definition) is 2. The van der Waals surface area contributed by atoms with Crippen molar-refractivity contribution in [3.05, 3.63) is 12.2 Å². The summed E-state index contributed by atoms with van der Waals surface area (Å²) in [7, 11) is 0. The van der Waals surface area contributed by atoms with Gasteiger partial charge in [-0.3, -0.25) is 0 Å². The van der Waals surface area contributed by atoms with E-state index >= 15 is 0 Å². The fraction of sp³-hybridized carbons (Fsp3) is 0.250. The molecule has 0 spiro atoms. The number of carboxylic acid groups (broad SMARTS) is 1. The normalized spacial score (nSPS) is 9.73. The first-order valence-corrected chi connectivity index (χ1v) is 3.08. The van der Waals surface area contributed by atoms with Gasteiger partial charge in [0.05, 0.1) is 11.4 Å². The maximum atomic E-state index is 9.60. The molecule has 1 unspecified atom stereocenters. The largest absolute Gasteiger partial charge is 1.00 e. The van der Waals surface area contributed by atoms with Crippen molar-refractivity contribution in [3.63, 3.8) is 0 Å². The first-order valence-electron chi connectivity index (χ1n) is 2.05. The van der Waals surface area contributed by atoms with Crippen molar-refractivity contribution in [2.45, 2.75) is 6.92 Å². The van der Waals surface area contributed by atoms with Crippen LogP contribution in [0.4, 0.5) is 0 Å². The average molecular weight is 190 g/mol. The Hall–Kier alpha value is 0.280. The molecule has 7 heteroatoms. The van der Waals surface area contributed by atoms with Crippen molar-refractivity contribution in [2.75, 3.05) is 0 Å². The third-order valence-corrected chi connectivity index (χ3v) is 0.365. The molecule has 0 rings (SSSR count). The summed E-state index contributed by atoms with van der Waals surface area (Å²) in [6, 6.07) is 0. The van der Waals surface area contributed by atoms with Crippen LogP contribution in [-0.4, -0.2) is 24.4 Å². The van der Waals surface area contributed by atoms with E-state index in [-0.39, 0.29) is 35.1 Å². The molecule has 2 N–H and O–H groups in total. The van der Waals surface area contributed by atoms with Crippen molar-refractivity contribution in [2.24, 2.45) is 0 Å². The predicted molar refractivity (Wildman–Crippen MR) is 34.0 cm³/mol. The van der Waals surface area contributed by atoms with E-state index in [0.29, 0.717) is 0 Å². The Kier molecular flexibility index (Phi) is 16.2. The van der Waals surface area contributed by atoms with E-state index in [2.05, 4.69) is 6.58 Å². The van der Waals surface area contributed by atoms with E-state index in [1.165, 1.54) is 6.92 Å². The minimum absolute atomic E-state index is 0. The van der Waals surface area contributed by atoms with E-state index in [9.17, 15) is 4.79 Å². The van der Waals surface area contributed by atoms with Crippen LogP contribution in [0.2, 0.25) is 0 Å². The maximum absolute atomic E-state index is 9.60. The van der Waals surface area contributed by atoms with Crippen LogP contribution in [0.25, 0.3) is 0 Å². The summed E-state index contributed by atoms with van der Waals surface area (Å²) in [4.78, 5) is 9.60. The van der Waals surface area contributed by atoms with Crippen LogP contribution >= 0.6 is 0 Å². The molecule has 0 aliphatic rings. The van der Waals surface area contributed by atoms with E-state index in [0.717, 1.165) is 0 Å². The average Bonchev–Trinajstić information content (AvgIpc) is 1.63. The SMILES string of the molecule is C=C(C)C(=O)O.O=S([O-])O.[Na+]. The summed E-state index contributed by atoms with van der Waals surface area (Å²) < 4.78 is 24.1. The third-order valence-electron chi connectivity index (χ3n) is 0.365. The molecule has 0 saturated carbocycles. The van der Waals surface area contributed by atoms with Gasteiger partial charge >= 0.3 is 35.5 Å². The Bertz CT molecular complexity index is 141. The standard InChI is InChI=1S/C4H6O2.Na.H2O3S/c1-3(2)4(5)6;;1-4(2)3/h1H2,2H3,(H,5,6);;(H2,1,2,3)/q;+1;/p-1. The van der Waals surface area contributed by atoms with Crippen LogP contribution in [0.3, 0.4) is 0 Å². The van der Waals surface area contributed by atoms with Gasteiger partial charge in [-0.1, -0.05) is 6.58 Å². The van der Waals surface area contributed by atoms with Crippen LogP contribution < -0.4 is 29.6 Å². The monoisotopic (exact) mass is 190 g/mol. The van der Waals surface area contributed by atoms with Crippen LogP contribution in [0.15, 0.2) is 12.2 Å². The van der Waals surface area contributed by atoms with E-state index < -0.39 is 17.3 Å². The minimum Gasteiger partial charge on any atom is -0.750 e. The Morgan fingerprint density at radius 1 is 1.64 bits per heavy atom. The molecule has 0 radical (unpaired) electrons. The van der Waals surface area contributed by atoms with Gasteiger partial charge in [-0.05, 0) is 6.92 Å². The molecule has 0 bridgehead atoms. The molecule has 1 atom stereocenters. The van der Waals surface area contributed by atoms with E-state index in [4.69, 9.17) is 18.4 Å². The summed E-state index contributed by atoms with van der Waals surface area (Å²) >= 11 is -2.86. The molecule has 0 aliphatic heterocycles. The van der Waals surface area contributed by atoms with Gasteiger partial charge in [-0.15, -0.1) is 0 Å². The van der Waals surface area contributed by atoms with Crippen molar-refractivity contribution in [1.82, 2.24) is 0 Å². The maximum Gasteiger partial charge on any atom is 1.00 e. The fourth-order valence-electron chi connectivity index (χ4n) is 0.